The van der Waals surface area contributed by atoms with Gasteiger partial charge in [0.2, 0.25) is 0 Å². The van der Waals surface area contributed by atoms with Gasteiger partial charge >= 0.3 is 0 Å². The molecule has 1 aromatic rings. The summed E-state index contributed by atoms with van der Waals surface area (Å²) in [6.45, 7) is 5.90. The largest absolute Gasteiger partial charge is 0.284 e. The van der Waals surface area contributed by atoms with Gasteiger partial charge in [-0.25, -0.2) is 9.40 Å². The molecule has 0 bridgehead atoms. The lowest BCUT2D eigenvalue weighted by Gasteiger charge is -2.38. The third kappa shape index (κ3) is 3.13. The first-order valence-corrected chi connectivity index (χ1v) is 6.84. The van der Waals surface area contributed by atoms with E-state index in [4.69, 9.17) is 0 Å². The van der Waals surface area contributed by atoms with E-state index in [0.29, 0.717) is 23.2 Å². The molecule has 2 rings (SSSR count). The summed E-state index contributed by atoms with van der Waals surface area (Å²) >= 11 is 0. The first-order chi connectivity index (χ1) is 8.99. The number of carbonyl (C=O) groups excluding carboxylic acids is 1. The van der Waals surface area contributed by atoms with Crippen molar-refractivity contribution in [1.29, 1.82) is 0 Å². The number of hydrazine groups is 1. The Morgan fingerprint density at radius 1 is 1.32 bits per heavy atom. The molecule has 3 nitrogen and oxygen atoms in total. The summed E-state index contributed by atoms with van der Waals surface area (Å²) in [4.78, 5) is 12.2. The minimum atomic E-state index is -0.281. The third-order valence-corrected chi connectivity index (χ3v) is 3.84. The molecule has 1 saturated heterocycles. The molecule has 1 fully saturated rings. The lowest BCUT2D eigenvalue weighted by atomic mass is 10.00. The van der Waals surface area contributed by atoms with Gasteiger partial charge in [0.25, 0.3) is 5.91 Å². The number of hydrogen-bond donors (Lipinski definition) is 1. The van der Waals surface area contributed by atoms with E-state index in [9.17, 15) is 9.18 Å². The number of hydrogen-bond acceptors (Lipinski definition) is 2. The van der Waals surface area contributed by atoms with Crippen molar-refractivity contribution >= 4 is 5.91 Å². The van der Waals surface area contributed by atoms with E-state index < -0.39 is 0 Å². The van der Waals surface area contributed by atoms with Gasteiger partial charge in [-0.2, -0.15) is 0 Å². The maximum absolute atomic E-state index is 13.2. The monoisotopic (exact) mass is 264 g/mol. The SMILES string of the molecule is Cc1cc(C(=O)NN2C(C)CCCC2C)ccc1F. The summed E-state index contributed by atoms with van der Waals surface area (Å²) < 4.78 is 13.2. The average Bonchev–Trinajstić information content (AvgIpc) is 2.37. The number of benzene rings is 1. The van der Waals surface area contributed by atoms with Crippen molar-refractivity contribution in [2.75, 3.05) is 0 Å². The predicted octanol–water partition coefficient (Wildman–Crippen LogP) is 3.04. The zero-order valence-electron chi connectivity index (χ0n) is 11.7. The molecule has 1 N–H and O–H groups in total. The molecule has 0 spiro atoms. The highest BCUT2D eigenvalue weighted by Gasteiger charge is 2.26. The van der Waals surface area contributed by atoms with Crippen molar-refractivity contribution in [1.82, 2.24) is 10.4 Å². The normalized spacial score (nSPS) is 24.2. The molecule has 1 heterocycles. The van der Waals surface area contributed by atoms with Gasteiger partial charge in [0.15, 0.2) is 0 Å². The number of amides is 1. The van der Waals surface area contributed by atoms with Gasteiger partial charge in [-0.3, -0.25) is 10.2 Å². The molecule has 1 aromatic carbocycles. The second kappa shape index (κ2) is 5.70. The highest BCUT2D eigenvalue weighted by atomic mass is 19.1. The van der Waals surface area contributed by atoms with Crippen molar-refractivity contribution in [2.24, 2.45) is 0 Å². The molecule has 0 saturated carbocycles. The molecule has 104 valence electrons. The van der Waals surface area contributed by atoms with Crippen LogP contribution in [0.2, 0.25) is 0 Å². The van der Waals surface area contributed by atoms with Crippen LogP contribution in [0, 0.1) is 12.7 Å². The Labute approximate surface area is 113 Å². The van der Waals surface area contributed by atoms with Crippen molar-refractivity contribution < 1.29 is 9.18 Å². The van der Waals surface area contributed by atoms with Gasteiger partial charge in [0.05, 0.1) is 0 Å². The second-order valence-electron chi connectivity index (χ2n) is 5.44. The van der Waals surface area contributed by atoms with Crippen molar-refractivity contribution in [3.05, 3.63) is 35.1 Å². The van der Waals surface area contributed by atoms with Crippen LogP contribution in [0.5, 0.6) is 0 Å². The first kappa shape index (κ1) is 14.0. The predicted molar refractivity (Wildman–Crippen MR) is 73.2 cm³/mol. The molecular weight excluding hydrogens is 243 g/mol. The molecule has 1 amide bonds. The van der Waals surface area contributed by atoms with Gasteiger partial charge in [-0.15, -0.1) is 0 Å². The van der Waals surface area contributed by atoms with Crippen LogP contribution >= 0.6 is 0 Å². The summed E-state index contributed by atoms with van der Waals surface area (Å²) in [5, 5.41) is 2.02. The van der Waals surface area contributed by atoms with Crippen LogP contribution in [0.3, 0.4) is 0 Å². The summed E-state index contributed by atoms with van der Waals surface area (Å²) in [7, 11) is 0. The van der Waals surface area contributed by atoms with Crippen LogP contribution in [-0.4, -0.2) is 23.0 Å². The number of nitrogens with zero attached hydrogens (tertiary/aromatic N) is 1. The molecular formula is C15H21FN2O. The number of rotatable bonds is 2. The number of halogens is 1. The molecule has 1 aliphatic rings. The lowest BCUT2D eigenvalue weighted by molar-refractivity contribution is 0.0369. The van der Waals surface area contributed by atoms with Crippen LogP contribution in [-0.2, 0) is 0 Å². The van der Waals surface area contributed by atoms with Gasteiger partial charge < -0.3 is 0 Å². The molecule has 19 heavy (non-hydrogen) atoms. The Balaban J connectivity index is 2.09. The lowest BCUT2D eigenvalue weighted by Crippen LogP contribution is -2.54. The first-order valence-electron chi connectivity index (χ1n) is 6.84. The van der Waals surface area contributed by atoms with Gasteiger partial charge in [0, 0.05) is 17.6 Å². The van der Waals surface area contributed by atoms with Gasteiger partial charge in [0.1, 0.15) is 5.82 Å². The third-order valence-electron chi connectivity index (χ3n) is 3.84. The molecule has 1 aliphatic heterocycles. The van der Waals surface area contributed by atoms with E-state index in [1.54, 1.807) is 13.0 Å². The minimum Gasteiger partial charge on any atom is -0.284 e. The number of piperidine rings is 1. The van der Waals surface area contributed by atoms with Crippen LogP contribution in [0.4, 0.5) is 4.39 Å². The smallest absolute Gasteiger partial charge is 0.265 e. The van der Waals surface area contributed by atoms with Crippen molar-refractivity contribution in [2.45, 2.75) is 52.1 Å². The standard InChI is InChI=1S/C15H21FN2O/c1-10-9-13(7-8-14(10)16)15(19)17-18-11(2)5-4-6-12(18)3/h7-9,11-12H,4-6H2,1-3H3,(H,17,19). The molecule has 0 aliphatic carbocycles. The molecule has 4 heteroatoms. The number of nitrogens with one attached hydrogen (secondary N) is 1. The van der Waals surface area contributed by atoms with Crippen molar-refractivity contribution in [3.8, 4) is 0 Å². The van der Waals surface area contributed by atoms with E-state index in [1.807, 2.05) is 5.01 Å². The highest BCUT2D eigenvalue weighted by Crippen LogP contribution is 2.20. The van der Waals surface area contributed by atoms with E-state index in [1.165, 1.54) is 18.6 Å². The van der Waals surface area contributed by atoms with Crippen LogP contribution in [0.1, 0.15) is 49.0 Å². The molecule has 2 unspecified atom stereocenters. The Hall–Kier alpha value is -1.42. The summed E-state index contributed by atoms with van der Waals surface area (Å²) in [6, 6.07) is 5.14. The maximum atomic E-state index is 13.2. The Morgan fingerprint density at radius 3 is 2.53 bits per heavy atom. The molecule has 0 aromatic heterocycles. The fraction of sp³-hybridized carbons (Fsp3) is 0.533. The fourth-order valence-electron chi connectivity index (χ4n) is 2.61. The quantitative estimate of drug-likeness (QED) is 0.890. The Kier molecular flexibility index (Phi) is 4.20. The summed E-state index contributed by atoms with van der Waals surface area (Å²) in [6.07, 6.45) is 3.38. The van der Waals surface area contributed by atoms with E-state index in [2.05, 4.69) is 19.3 Å². The van der Waals surface area contributed by atoms with Crippen LogP contribution < -0.4 is 5.43 Å². The van der Waals surface area contributed by atoms with Gasteiger partial charge in [-0.1, -0.05) is 6.42 Å². The summed E-state index contributed by atoms with van der Waals surface area (Å²) in [5.41, 5.74) is 3.95. The fourth-order valence-corrected chi connectivity index (χ4v) is 2.61. The molecule has 0 radical (unpaired) electrons. The van der Waals surface area contributed by atoms with E-state index in [-0.39, 0.29) is 11.7 Å². The van der Waals surface area contributed by atoms with Crippen LogP contribution in [0.25, 0.3) is 0 Å². The number of carbonyl (C=O) groups is 1. The Morgan fingerprint density at radius 2 is 1.95 bits per heavy atom. The Bertz CT molecular complexity index is 465. The second-order valence-corrected chi connectivity index (χ2v) is 5.44. The van der Waals surface area contributed by atoms with Crippen molar-refractivity contribution in [3.63, 3.8) is 0 Å². The maximum Gasteiger partial charge on any atom is 0.265 e. The molecule has 2 atom stereocenters. The van der Waals surface area contributed by atoms with E-state index in [0.717, 1.165) is 12.8 Å². The summed E-state index contributed by atoms with van der Waals surface area (Å²) in [5.74, 6) is -0.444. The topological polar surface area (TPSA) is 32.3 Å². The van der Waals surface area contributed by atoms with E-state index >= 15 is 0 Å². The zero-order chi connectivity index (χ0) is 14.0. The average molecular weight is 264 g/mol. The van der Waals surface area contributed by atoms with Gasteiger partial charge in [-0.05, 0) is 57.4 Å². The minimum absolute atomic E-state index is 0.163. The highest BCUT2D eigenvalue weighted by molar-refractivity contribution is 5.94. The number of aryl methyl sites for hydroxylation is 1. The zero-order valence-corrected chi connectivity index (χ0v) is 11.7. The van der Waals surface area contributed by atoms with Crippen LogP contribution in [0.15, 0.2) is 18.2 Å².